The Balaban J connectivity index is 2.92. The lowest BCUT2D eigenvalue weighted by Crippen LogP contribution is -2.34. The Hall–Kier alpha value is -2.30. The van der Waals surface area contributed by atoms with Gasteiger partial charge in [-0.2, -0.15) is 0 Å². The number of esters is 2. The fraction of sp³-hybridized carbons (Fsp3) is 0.500. The van der Waals surface area contributed by atoms with Gasteiger partial charge in [0.25, 0.3) is 0 Å². The van der Waals surface area contributed by atoms with E-state index in [9.17, 15) is 9.59 Å². The maximum atomic E-state index is 12.0. The molecule has 0 heterocycles. The van der Waals surface area contributed by atoms with E-state index in [1.165, 1.54) is 11.8 Å². The van der Waals surface area contributed by atoms with Crippen molar-refractivity contribution in [3.63, 3.8) is 0 Å². The van der Waals surface area contributed by atoms with E-state index >= 15 is 0 Å². The molecule has 1 aromatic rings. The third kappa shape index (κ3) is 6.25. The fourth-order valence-corrected chi connectivity index (χ4v) is 2.72. The third-order valence-electron chi connectivity index (χ3n) is 4.00. The molecule has 1 rings (SSSR count). The smallest absolute Gasteiger partial charge is 0.347 e. The number of nitrogens with one attached hydrogen (secondary N) is 1. The predicted molar refractivity (Wildman–Crippen MR) is 98.1 cm³/mol. The molecule has 1 atom stereocenters. The summed E-state index contributed by atoms with van der Waals surface area (Å²) in [5.41, 5.74) is 0.989. The lowest BCUT2D eigenvalue weighted by molar-refractivity contribution is -0.146. The van der Waals surface area contributed by atoms with Crippen LogP contribution in [0.15, 0.2) is 42.1 Å². The Labute approximate surface area is 150 Å². The average Bonchev–Trinajstić information content (AvgIpc) is 2.60. The number of carbonyl (C=O) groups is 2. The monoisotopic (exact) mass is 347 g/mol. The minimum absolute atomic E-state index is 0.110. The van der Waals surface area contributed by atoms with Crippen LogP contribution in [0, 0.1) is 0 Å². The molecule has 1 N–H and O–H groups in total. The molecule has 0 bridgehead atoms. The molecule has 5 heteroatoms. The van der Waals surface area contributed by atoms with Crippen molar-refractivity contribution in [2.75, 3.05) is 19.8 Å². The molecule has 0 saturated carbocycles. The molecular weight excluding hydrogens is 318 g/mol. The van der Waals surface area contributed by atoms with E-state index in [1.807, 2.05) is 18.2 Å². The first-order chi connectivity index (χ1) is 12.0. The van der Waals surface area contributed by atoms with Crippen LogP contribution in [0.3, 0.4) is 0 Å². The molecule has 0 aliphatic carbocycles. The van der Waals surface area contributed by atoms with Gasteiger partial charge in [-0.15, -0.1) is 0 Å². The minimum atomic E-state index is -0.676. The van der Waals surface area contributed by atoms with Crippen molar-refractivity contribution < 1.29 is 19.1 Å². The highest BCUT2D eigenvalue weighted by Gasteiger charge is 2.26. The van der Waals surface area contributed by atoms with E-state index in [2.05, 4.69) is 31.3 Å². The maximum absolute atomic E-state index is 12.0. The molecule has 25 heavy (non-hydrogen) atoms. The van der Waals surface area contributed by atoms with E-state index in [0.717, 1.165) is 12.8 Å². The second kappa shape index (κ2) is 10.5. The molecular formula is C20H29NO4. The molecule has 0 aliphatic heterocycles. The Bertz CT molecular complexity index is 563. The fourth-order valence-electron chi connectivity index (χ4n) is 2.72. The molecule has 5 nitrogen and oxygen atoms in total. The van der Waals surface area contributed by atoms with Crippen LogP contribution in [0.5, 0.6) is 0 Å². The first-order valence-electron chi connectivity index (χ1n) is 8.81. The summed E-state index contributed by atoms with van der Waals surface area (Å²) < 4.78 is 9.88. The van der Waals surface area contributed by atoms with Crippen molar-refractivity contribution in [3.05, 3.63) is 47.7 Å². The number of rotatable bonds is 10. The lowest BCUT2D eigenvalue weighted by atomic mass is 9.78. The molecule has 1 aromatic carbocycles. The molecule has 0 spiro atoms. The molecule has 0 unspecified atom stereocenters. The standard InChI is InChI=1S/C20H29NO4/c1-5-13-20(4,16-11-9-8-10-12-16)15-21-14-17(18(22)24-6-2)19(23)25-7-3/h8-12,14,21H,5-7,13,15H2,1-4H3/t20-/m1/s1. The van der Waals surface area contributed by atoms with Crippen LogP contribution in [-0.2, 0) is 24.5 Å². The highest BCUT2D eigenvalue weighted by Crippen LogP contribution is 2.28. The molecule has 0 fully saturated rings. The number of benzene rings is 1. The molecule has 0 saturated heterocycles. The molecule has 0 amide bonds. The van der Waals surface area contributed by atoms with E-state index in [4.69, 9.17) is 9.47 Å². The topological polar surface area (TPSA) is 64.6 Å². The van der Waals surface area contributed by atoms with Crippen molar-refractivity contribution in [1.82, 2.24) is 5.32 Å². The van der Waals surface area contributed by atoms with Crippen LogP contribution in [-0.4, -0.2) is 31.7 Å². The predicted octanol–water partition coefficient (Wildman–Crippen LogP) is 3.34. The zero-order valence-electron chi connectivity index (χ0n) is 15.6. The van der Waals surface area contributed by atoms with E-state index < -0.39 is 11.9 Å². The van der Waals surface area contributed by atoms with Gasteiger partial charge in [0, 0.05) is 18.2 Å². The SMILES string of the molecule is CCC[C@](C)(CNC=C(C(=O)OCC)C(=O)OCC)c1ccccc1. The number of ether oxygens (including phenoxy) is 2. The van der Waals surface area contributed by atoms with Crippen LogP contribution in [0.25, 0.3) is 0 Å². The van der Waals surface area contributed by atoms with Crippen molar-refractivity contribution in [2.45, 2.75) is 46.0 Å². The van der Waals surface area contributed by atoms with Gasteiger partial charge in [-0.3, -0.25) is 0 Å². The first-order valence-corrected chi connectivity index (χ1v) is 8.81. The lowest BCUT2D eigenvalue weighted by Gasteiger charge is -2.30. The van der Waals surface area contributed by atoms with Gasteiger partial charge in [0.15, 0.2) is 5.57 Å². The highest BCUT2D eigenvalue weighted by molar-refractivity contribution is 6.13. The summed E-state index contributed by atoms with van der Waals surface area (Å²) in [6.07, 6.45) is 3.41. The van der Waals surface area contributed by atoms with Gasteiger partial charge in [0.05, 0.1) is 13.2 Å². The van der Waals surface area contributed by atoms with Gasteiger partial charge < -0.3 is 14.8 Å². The van der Waals surface area contributed by atoms with Crippen LogP contribution < -0.4 is 5.32 Å². The van der Waals surface area contributed by atoms with Crippen molar-refractivity contribution in [1.29, 1.82) is 0 Å². The number of hydrogen-bond acceptors (Lipinski definition) is 5. The van der Waals surface area contributed by atoms with Gasteiger partial charge >= 0.3 is 11.9 Å². The largest absolute Gasteiger partial charge is 0.462 e. The summed E-state index contributed by atoms with van der Waals surface area (Å²) in [4.78, 5) is 24.0. The quantitative estimate of drug-likeness (QED) is 0.304. The van der Waals surface area contributed by atoms with Gasteiger partial charge in [-0.05, 0) is 25.8 Å². The summed E-state index contributed by atoms with van der Waals surface area (Å²) in [7, 11) is 0. The van der Waals surface area contributed by atoms with Crippen LogP contribution >= 0.6 is 0 Å². The summed E-state index contributed by atoms with van der Waals surface area (Å²) in [5, 5.41) is 3.12. The third-order valence-corrected chi connectivity index (χ3v) is 4.00. The Morgan fingerprint density at radius 3 is 2.08 bits per heavy atom. The van der Waals surface area contributed by atoms with Crippen LogP contribution in [0.1, 0.15) is 46.1 Å². The van der Waals surface area contributed by atoms with Gasteiger partial charge in [-0.1, -0.05) is 50.6 Å². The summed E-state index contributed by atoms with van der Waals surface area (Å²) in [6, 6.07) is 10.2. The molecule has 0 aromatic heterocycles. The summed E-state index contributed by atoms with van der Waals surface area (Å²) >= 11 is 0. The van der Waals surface area contributed by atoms with Crippen molar-refractivity contribution in [2.24, 2.45) is 0 Å². The molecule has 0 radical (unpaired) electrons. The highest BCUT2D eigenvalue weighted by atomic mass is 16.6. The minimum Gasteiger partial charge on any atom is -0.462 e. The summed E-state index contributed by atoms with van der Waals surface area (Å²) in [6.45, 7) is 8.69. The maximum Gasteiger partial charge on any atom is 0.347 e. The van der Waals surface area contributed by atoms with Gasteiger partial charge in [0.2, 0.25) is 0 Å². The number of carbonyl (C=O) groups excluding carboxylic acids is 2. The second-order valence-electron chi connectivity index (χ2n) is 6.06. The van der Waals surface area contributed by atoms with E-state index in [1.54, 1.807) is 13.8 Å². The summed E-state index contributed by atoms with van der Waals surface area (Å²) in [5.74, 6) is -1.35. The normalized spacial score (nSPS) is 12.6. The van der Waals surface area contributed by atoms with E-state index in [-0.39, 0.29) is 24.2 Å². The Morgan fingerprint density at radius 1 is 1.04 bits per heavy atom. The van der Waals surface area contributed by atoms with Crippen LogP contribution in [0.4, 0.5) is 0 Å². The Kier molecular flexibility index (Phi) is 8.75. The molecule has 138 valence electrons. The first kappa shape index (κ1) is 20.7. The Morgan fingerprint density at radius 2 is 1.60 bits per heavy atom. The van der Waals surface area contributed by atoms with Gasteiger partial charge in [-0.25, -0.2) is 9.59 Å². The average molecular weight is 347 g/mol. The molecule has 0 aliphatic rings. The van der Waals surface area contributed by atoms with Crippen LogP contribution in [0.2, 0.25) is 0 Å². The van der Waals surface area contributed by atoms with Crippen molar-refractivity contribution in [3.8, 4) is 0 Å². The van der Waals surface area contributed by atoms with Crippen molar-refractivity contribution >= 4 is 11.9 Å². The zero-order chi connectivity index (χ0) is 18.7. The number of hydrogen-bond donors (Lipinski definition) is 1. The van der Waals surface area contributed by atoms with E-state index in [0.29, 0.717) is 6.54 Å². The second-order valence-corrected chi connectivity index (χ2v) is 6.06. The van der Waals surface area contributed by atoms with Gasteiger partial charge in [0.1, 0.15) is 0 Å². The zero-order valence-corrected chi connectivity index (χ0v) is 15.6.